The van der Waals surface area contributed by atoms with E-state index in [1.165, 1.54) is 37.3 Å². The van der Waals surface area contributed by atoms with E-state index >= 15 is 0 Å². The third-order valence-electron chi connectivity index (χ3n) is 8.31. The minimum absolute atomic E-state index is 0.0533. The summed E-state index contributed by atoms with van der Waals surface area (Å²) in [6, 6.07) is 0. The molecule has 3 heteroatoms. The molecule has 0 spiro atoms. The van der Waals surface area contributed by atoms with Gasteiger partial charge in [0.05, 0.1) is 0 Å². The maximum absolute atomic E-state index is 12.0. The monoisotopic (exact) mass is 342 g/mol. The molecule has 0 aromatic rings. The number of ether oxygens (including phenoxy) is 1. The summed E-state index contributed by atoms with van der Waals surface area (Å²) in [7, 11) is 0. The molecule has 0 saturated heterocycles. The lowest BCUT2D eigenvalue weighted by Gasteiger charge is -2.58. The molecule has 0 aromatic heterocycles. The predicted octanol–water partition coefficient (Wildman–Crippen LogP) is 4.62. The van der Waals surface area contributed by atoms with Crippen molar-refractivity contribution in [2.45, 2.75) is 72.3 Å². The van der Waals surface area contributed by atoms with Crippen LogP contribution in [-0.4, -0.2) is 17.9 Å². The van der Waals surface area contributed by atoms with Crippen LogP contribution in [0, 0.1) is 28.6 Å². The Labute approximate surface area is 150 Å². The van der Waals surface area contributed by atoms with Crippen LogP contribution in [-0.2, 0) is 14.3 Å². The van der Waals surface area contributed by atoms with Crippen molar-refractivity contribution in [2.75, 3.05) is 0 Å². The van der Waals surface area contributed by atoms with Crippen molar-refractivity contribution < 1.29 is 14.3 Å². The first-order valence-electron chi connectivity index (χ1n) is 9.88. The van der Waals surface area contributed by atoms with Gasteiger partial charge in [-0.3, -0.25) is 9.59 Å². The highest BCUT2D eigenvalue weighted by atomic mass is 16.5. The van der Waals surface area contributed by atoms with Crippen LogP contribution in [0.4, 0.5) is 0 Å². The maximum Gasteiger partial charge on any atom is 0.302 e. The number of allylic oxidation sites excluding steroid dienone is 4. The summed E-state index contributed by atoms with van der Waals surface area (Å²) in [5.41, 5.74) is 2.80. The van der Waals surface area contributed by atoms with Gasteiger partial charge in [-0.1, -0.05) is 25.0 Å². The van der Waals surface area contributed by atoms with Crippen LogP contribution < -0.4 is 0 Å². The topological polar surface area (TPSA) is 43.4 Å². The maximum atomic E-state index is 12.0. The Balaban J connectivity index is 1.66. The first-order chi connectivity index (χ1) is 11.8. The van der Waals surface area contributed by atoms with Gasteiger partial charge in [0.2, 0.25) is 0 Å². The Bertz CT molecular complexity index is 687. The molecule has 0 bridgehead atoms. The van der Waals surface area contributed by atoms with E-state index in [2.05, 4.69) is 20.8 Å². The molecular weight excluding hydrogens is 312 g/mol. The van der Waals surface area contributed by atoms with Crippen molar-refractivity contribution in [1.82, 2.24) is 0 Å². The highest BCUT2D eigenvalue weighted by Gasteiger charge is 2.60. The van der Waals surface area contributed by atoms with Crippen molar-refractivity contribution >= 4 is 11.8 Å². The average molecular weight is 342 g/mol. The normalized spacial score (nSPS) is 45.7. The molecule has 25 heavy (non-hydrogen) atoms. The molecule has 0 unspecified atom stereocenters. The van der Waals surface area contributed by atoms with Crippen LogP contribution in [0.25, 0.3) is 0 Å². The molecule has 3 nitrogen and oxygen atoms in total. The van der Waals surface area contributed by atoms with Crippen molar-refractivity contribution in [3.8, 4) is 0 Å². The summed E-state index contributed by atoms with van der Waals surface area (Å²) < 4.78 is 5.72. The Morgan fingerprint density at radius 2 is 1.88 bits per heavy atom. The Morgan fingerprint density at radius 1 is 1.12 bits per heavy atom. The van der Waals surface area contributed by atoms with E-state index < -0.39 is 0 Å². The van der Waals surface area contributed by atoms with Gasteiger partial charge in [0, 0.05) is 17.8 Å². The summed E-state index contributed by atoms with van der Waals surface area (Å²) in [6.45, 7) is 8.41. The molecule has 0 aromatic carbocycles. The van der Waals surface area contributed by atoms with Crippen LogP contribution in [0.1, 0.15) is 66.2 Å². The standard InChI is InChI=1S/C22H30O3/c1-13-11-16(24)12-15-5-6-17-18-7-8-20(25-14(2)23)21(18,3)10-9-19(17)22(13,15)4/h11-12,17-20H,5-10H2,1-4H3/t17-,18-,19-,20-,21-,22-/m0/s1. The van der Waals surface area contributed by atoms with Crippen molar-refractivity contribution in [3.63, 3.8) is 0 Å². The minimum Gasteiger partial charge on any atom is -0.462 e. The van der Waals surface area contributed by atoms with E-state index in [4.69, 9.17) is 4.74 Å². The van der Waals surface area contributed by atoms with Crippen LogP contribution in [0.3, 0.4) is 0 Å². The zero-order valence-corrected chi connectivity index (χ0v) is 15.9. The van der Waals surface area contributed by atoms with E-state index in [-0.39, 0.29) is 28.7 Å². The van der Waals surface area contributed by atoms with Crippen LogP contribution in [0.2, 0.25) is 0 Å². The number of fused-ring (bicyclic) bond motifs is 5. The second kappa shape index (κ2) is 5.56. The van der Waals surface area contributed by atoms with E-state index in [0.717, 1.165) is 19.3 Å². The average Bonchev–Trinajstić information content (AvgIpc) is 2.85. The first kappa shape index (κ1) is 17.1. The number of hydrogen-bond donors (Lipinski definition) is 0. The lowest BCUT2D eigenvalue weighted by atomic mass is 9.47. The fourth-order valence-corrected chi connectivity index (χ4v) is 6.92. The van der Waals surface area contributed by atoms with Crippen LogP contribution in [0.15, 0.2) is 23.3 Å². The second-order valence-corrected chi connectivity index (χ2v) is 9.24. The third-order valence-corrected chi connectivity index (χ3v) is 8.31. The SMILES string of the molecule is CC(=O)O[C@H]1CC[C@H]2[C@@H]3CCC4=CC(=O)C=C(C)[C@]4(C)[C@H]3CC[C@]12C. The number of hydrogen-bond acceptors (Lipinski definition) is 3. The number of carbonyl (C=O) groups excluding carboxylic acids is 2. The van der Waals surface area contributed by atoms with Crippen molar-refractivity contribution in [3.05, 3.63) is 23.3 Å². The number of rotatable bonds is 1. The predicted molar refractivity (Wildman–Crippen MR) is 96.8 cm³/mol. The van der Waals surface area contributed by atoms with Gasteiger partial charge < -0.3 is 4.74 Å². The fraction of sp³-hybridized carbons (Fsp3) is 0.727. The molecule has 6 atom stereocenters. The molecule has 4 aliphatic rings. The van der Waals surface area contributed by atoms with Crippen molar-refractivity contribution in [2.24, 2.45) is 28.6 Å². The van der Waals surface area contributed by atoms with Gasteiger partial charge in [0.25, 0.3) is 0 Å². The lowest BCUT2D eigenvalue weighted by molar-refractivity contribution is -0.156. The van der Waals surface area contributed by atoms with E-state index in [1.807, 2.05) is 12.2 Å². The quantitative estimate of drug-likeness (QED) is 0.653. The number of carbonyl (C=O) groups is 2. The summed E-state index contributed by atoms with van der Waals surface area (Å²) in [6.07, 6.45) is 10.6. The molecule has 0 heterocycles. The molecule has 136 valence electrons. The van der Waals surface area contributed by atoms with Gasteiger partial charge in [0.15, 0.2) is 5.78 Å². The van der Waals surface area contributed by atoms with E-state index in [0.29, 0.717) is 17.8 Å². The van der Waals surface area contributed by atoms with E-state index in [1.54, 1.807) is 0 Å². The van der Waals surface area contributed by atoms with Gasteiger partial charge >= 0.3 is 5.97 Å². The smallest absolute Gasteiger partial charge is 0.302 e. The molecular formula is C22H30O3. The zero-order chi connectivity index (χ0) is 18.0. The Morgan fingerprint density at radius 3 is 2.60 bits per heavy atom. The Hall–Kier alpha value is -1.38. The number of ketones is 1. The second-order valence-electron chi connectivity index (χ2n) is 9.24. The largest absolute Gasteiger partial charge is 0.462 e. The first-order valence-corrected chi connectivity index (χ1v) is 9.88. The number of esters is 1. The molecule has 0 radical (unpaired) electrons. The van der Waals surface area contributed by atoms with Gasteiger partial charge in [-0.2, -0.15) is 0 Å². The zero-order valence-electron chi connectivity index (χ0n) is 15.9. The van der Waals surface area contributed by atoms with Crippen LogP contribution in [0.5, 0.6) is 0 Å². The molecule has 3 saturated carbocycles. The molecule has 0 aliphatic heterocycles. The summed E-state index contributed by atoms with van der Waals surface area (Å²) in [4.78, 5) is 23.6. The Kier molecular flexibility index (Phi) is 3.79. The summed E-state index contributed by atoms with van der Waals surface area (Å²) in [5.74, 6) is 1.96. The molecule has 0 amide bonds. The molecule has 4 aliphatic carbocycles. The van der Waals surface area contributed by atoms with E-state index in [9.17, 15) is 9.59 Å². The summed E-state index contributed by atoms with van der Waals surface area (Å²) >= 11 is 0. The van der Waals surface area contributed by atoms with Crippen molar-refractivity contribution in [1.29, 1.82) is 0 Å². The lowest BCUT2D eigenvalue weighted by Crippen LogP contribution is -2.51. The van der Waals surface area contributed by atoms with Gasteiger partial charge in [-0.15, -0.1) is 0 Å². The molecule has 3 fully saturated rings. The minimum atomic E-state index is -0.139. The molecule has 0 N–H and O–H groups in total. The highest BCUT2D eigenvalue weighted by molar-refractivity contribution is 6.02. The third kappa shape index (κ3) is 2.30. The fourth-order valence-electron chi connectivity index (χ4n) is 6.92. The molecule has 4 rings (SSSR count). The van der Waals surface area contributed by atoms with Gasteiger partial charge in [0.1, 0.15) is 6.10 Å². The van der Waals surface area contributed by atoms with Gasteiger partial charge in [-0.25, -0.2) is 0 Å². The van der Waals surface area contributed by atoms with Gasteiger partial charge in [-0.05, 0) is 75.4 Å². The highest BCUT2D eigenvalue weighted by Crippen LogP contribution is 2.66. The van der Waals surface area contributed by atoms with Crippen LogP contribution >= 0.6 is 0 Å². The summed E-state index contributed by atoms with van der Waals surface area (Å²) in [5, 5.41) is 0.